The SMILES string of the molecule is COc1ccc(Cl)cc1CC(=O)NCCCc1ncn[nH]1. The number of halogens is 1. The molecule has 0 saturated carbocycles. The summed E-state index contributed by atoms with van der Waals surface area (Å²) in [7, 11) is 1.57. The summed E-state index contributed by atoms with van der Waals surface area (Å²) in [5, 5.41) is 10.0. The van der Waals surface area contributed by atoms with E-state index in [4.69, 9.17) is 16.3 Å². The van der Waals surface area contributed by atoms with E-state index >= 15 is 0 Å². The summed E-state index contributed by atoms with van der Waals surface area (Å²) in [5.74, 6) is 1.42. The van der Waals surface area contributed by atoms with Crippen molar-refractivity contribution < 1.29 is 9.53 Å². The first-order chi connectivity index (χ1) is 10.2. The van der Waals surface area contributed by atoms with Crippen LogP contribution in [0.3, 0.4) is 0 Å². The van der Waals surface area contributed by atoms with Gasteiger partial charge in [0, 0.05) is 23.6 Å². The molecule has 6 nitrogen and oxygen atoms in total. The molecular formula is C14H17ClN4O2. The number of aryl methyl sites for hydroxylation is 1. The maximum atomic E-state index is 11.9. The lowest BCUT2D eigenvalue weighted by Crippen LogP contribution is -2.26. The van der Waals surface area contributed by atoms with Gasteiger partial charge in [-0.2, -0.15) is 5.10 Å². The van der Waals surface area contributed by atoms with Crippen molar-refractivity contribution in [3.8, 4) is 5.75 Å². The fraction of sp³-hybridized carbons (Fsp3) is 0.357. The zero-order valence-corrected chi connectivity index (χ0v) is 12.5. The highest BCUT2D eigenvalue weighted by molar-refractivity contribution is 6.30. The Labute approximate surface area is 127 Å². The van der Waals surface area contributed by atoms with E-state index in [-0.39, 0.29) is 12.3 Å². The molecule has 0 atom stereocenters. The molecule has 1 heterocycles. The first-order valence-electron chi connectivity index (χ1n) is 6.62. The third-order valence-corrected chi connectivity index (χ3v) is 3.21. The van der Waals surface area contributed by atoms with Crippen molar-refractivity contribution in [1.29, 1.82) is 0 Å². The number of aromatic amines is 1. The summed E-state index contributed by atoms with van der Waals surface area (Å²) in [4.78, 5) is 15.9. The van der Waals surface area contributed by atoms with Crippen molar-refractivity contribution in [2.75, 3.05) is 13.7 Å². The lowest BCUT2D eigenvalue weighted by atomic mass is 10.1. The minimum absolute atomic E-state index is 0.0619. The van der Waals surface area contributed by atoms with E-state index in [1.807, 2.05) is 0 Å². The van der Waals surface area contributed by atoms with Crippen molar-refractivity contribution in [2.45, 2.75) is 19.3 Å². The van der Waals surface area contributed by atoms with Gasteiger partial charge in [0.25, 0.3) is 0 Å². The quantitative estimate of drug-likeness (QED) is 0.764. The Hall–Kier alpha value is -2.08. The Morgan fingerprint density at radius 2 is 2.33 bits per heavy atom. The number of benzene rings is 1. The number of carbonyl (C=O) groups is 1. The van der Waals surface area contributed by atoms with E-state index in [1.165, 1.54) is 6.33 Å². The average molecular weight is 309 g/mol. The van der Waals surface area contributed by atoms with Crippen LogP contribution in [-0.2, 0) is 17.6 Å². The minimum atomic E-state index is -0.0619. The zero-order chi connectivity index (χ0) is 15.1. The van der Waals surface area contributed by atoms with Gasteiger partial charge in [0.05, 0.1) is 13.5 Å². The molecule has 7 heteroatoms. The third-order valence-electron chi connectivity index (χ3n) is 2.97. The van der Waals surface area contributed by atoms with Crippen LogP contribution in [0.5, 0.6) is 5.75 Å². The Morgan fingerprint density at radius 1 is 1.48 bits per heavy atom. The summed E-state index contributed by atoms with van der Waals surface area (Å²) >= 11 is 5.94. The highest BCUT2D eigenvalue weighted by Crippen LogP contribution is 2.22. The maximum absolute atomic E-state index is 11.9. The van der Waals surface area contributed by atoms with Gasteiger partial charge in [-0.3, -0.25) is 9.89 Å². The van der Waals surface area contributed by atoms with E-state index in [1.54, 1.807) is 25.3 Å². The van der Waals surface area contributed by atoms with Crippen LogP contribution in [0.1, 0.15) is 17.8 Å². The number of nitrogens with one attached hydrogen (secondary N) is 2. The van der Waals surface area contributed by atoms with Gasteiger partial charge < -0.3 is 10.1 Å². The van der Waals surface area contributed by atoms with E-state index in [9.17, 15) is 4.79 Å². The Kier molecular flexibility index (Phi) is 5.57. The molecule has 0 aliphatic heterocycles. The summed E-state index contributed by atoms with van der Waals surface area (Å²) in [6.45, 7) is 0.586. The summed E-state index contributed by atoms with van der Waals surface area (Å²) < 4.78 is 5.22. The van der Waals surface area contributed by atoms with Gasteiger partial charge in [-0.1, -0.05) is 11.6 Å². The predicted octanol–water partition coefficient (Wildman–Crippen LogP) is 1.76. The van der Waals surface area contributed by atoms with Gasteiger partial charge in [-0.05, 0) is 24.6 Å². The molecule has 2 aromatic rings. The second kappa shape index (κ2) is 7.64. The average Bonchev–Trinajstić information content (AvgIpc) is 2.97. The van der Waals surface area contributed by atoms with Crippen LogP contribution in [-0.4, -0.2) is 34.7 Å². The summed E-state index contributed by atoms with van der Waals surface area (Å²) in [5.41, 5.74) is 0.776. The number of hydrogen-bond donors (Lipinski definition) is 2. The van der Waals surface area contributed by atoms with Crippen molar-refractivity contribution in [2.24, 2.45) is 0 Å². The van der Waals surface area contributed by atoms with Crippen molar-refractivity contribution in [3.63, 3.8) is 0 Å². The Bertz CT molecular complexity index is 587. The number of nitrogens with zero attached hydrogens (tertiary/aromatic N) is 2. The van der Waals surface area contributed by atoms with Gasteiger partial charge >= 0.3 is 0 Å². The second-order valence-electron chi connectivity index (χ2n) is 4.52. The van der Waals surface area contributed by atoms with Crippen LogP contribution in [0.2, 0.25) is 5.02 Å². The fourth-order valence-electron chi connectivity index (χ4n) is 1.96. The van der Waals surface area contributed by atoms with E-state index < -0.39 is 0 Å². The van der Waals surface area contributed by atoms with Gasteiger partial charge in [-0.25, -0.2) is 4.98 Å². The van der Waals surface area contributed by atoms with Gasteiger partial charge in [0.15, 0.2) is 0 Å². The van der Waals surface area contributed by atoms with Gasteiger partial charge in [0.2, 0.25) is 5.91 Å². The molecule has 112 valence electrons. The second-order valence-corrected chi connectivity index (χ2v) is 4.96. The molecule has 0 radical (unpaired) electrons. The molecule has 1 aromatic heterocycles. The van der Waals surface area contributed by atoms with Gasteiger partial charge in [-0.15, -0.1) is 0 Å². The molecule has 0 unspecified atom stereocenters. The Balaban J connectivity index is 1.77. The van der Waals surface area contributed by atoms with Gasteiger partial charge in [0.1, 0.15) is 17.9 Å². The van der Waals surface area contributed by atoms with Crippen LogP contribution in [0, 0.1) is 0 Å². The van der Waals surface area contributed by atoms with Crippen molar-refractivity contribution in [3.05, 3.63) is 40.9 Å². The molecule has 21 heavy (non-hydrogen) atoms. The van der Waals surface area contributed by atoms with Crippen LogP contribution in [0.25, 0.3) is 0 Å². The highest BCUT2D eigenvalue weighted by Gasteiger charge is 2.09. The highest BCUT2D eigenvalue weighted by atomic mass is 35.5. The van der Waals surface area contributed by atoms with E-state index in [0.29, 0.717) is 17.3 Å². The number of amides is 1. The molecule has 1 amide bonds. The lowest BCUT2D eigenvalue weighted by Gasteiger charge is -2.09. The Morgan fingerprint density at radius 3 is 3.05 bits per heavy atom. The molecule has 2 rings (SSSR count). The fourth-order valence-corrected chi connectivity index (χ4v) is 2.15. The van der Waals surface area contributed by atoms with Crippen LogP contribution >= 0.6 is 11.6 Å². The third kappa shape index (κ3) is 4.75. The molecular weight excluding hydrogens is 292 g/mol. The molecule has 0 fully saturated rings. The normalized spacial score (nSPS) is 10.4. The van der Waals surface area contributed by atoms with Crippen LogP contribution in [0.4, 0.5) is 0 Å². The number of methoxy groups -OCH3 is 1. The van der Waals surface area contributed by atoms with E-state index in [2.05, 4.69) is 20.5 Å². The molecule has 0 spiro atoms. The smallest absolute Gasteiger partial charge is 0.224 e. The molecule has 0 bridgehead atoms. The zero-order valence-electron chi connectivity index (χ0n) is 11.7. The first kappa shape index (κ1) is 15.3. The lowest BCUT2D eigenvalue weighted by molar-refractivity contribution is -0.120. The standard InChI is InChI=1S/C14H17ClN4O2/c1-21-12-5-4-11(15)7-10(12)8-14(20)16-6-2-3-13-17-9-18-19-13/h4-5,7,9H,2-3,6,8H2,1H3,(H,16,20)(H,17,18,19). The first-order valence-corrected chi connectivity index (χ1v) is 7.00. The predicted molar refractivity (Wildman–Crippen MR) is 79.4 cm³/mol. The summed E-state index contributed by atoms with van der Waals surface area (Å²) in [6, 6.07) is 5.24. The molecule has 0 aliphatic rings. The number of carbonyl (C=O) groups excluding carboxylic acids is 1. The summed E-state index contributed by atoms with van der Waals surface area (Å²) in [6.07, 6.45) is 3.26. The number of hydrogen-bond acceptors (Lipinski definition) is 4. The van der Waals surface area contributed by atoms with Crippen molar-refractivity contribution >= 4 is 17.5 Å². The molecule has 2 N–H and O–H groups in total. The van der Waals surface area contributed by atoms with Crippen LogP contribution in [0.15, 0.2) is 24.5 Å². The topological polar surface area (TPSA) is 79.9 Å². The number of H-pyrrole nitrogens is 1. The van der Waals surface area contributed by atoms with Crippen molar-refractivity contribution in [1.82, 2.24) is 20.5 Å². The number of ether oxygens (including phenoxy) is 1. The number of aromatic nitrogens is 3. The maximum Gasteiger partial charge on any atom is 0.224 e. The van der Waals surface area contributed by atoms with Crippen LogP contribution < -0.4 is 10.1 Å². The molecule has 0 saturated heterocycles. The number of rotatable bonds is 7. The minimum Gasteiger partial charge on any atom is -0.496 e. The molecule has 1 aromatic carbocycles. The van der Waals surface area contributed by atoms with E-state index in [0.717, 1.165) is 24.2 Å². The molecule has 0 aliphatic carbocycles. The monoisotopic (exact) mass is 308 g/mol. The largest absolute Gasteiger partial charge is 0.496 e.